The van der Waals surface area contributed by atoms with Crippen LogP contribution in [-0.2, 0) is 14.8 Å². The lowest BCUT2D eigenvalue weighted by Gasteiger charge is -2.19. The van der Waals surface area contributed by atoms with Crippen molar-refractivity contribution >= 4 is 22.2 Å². The molecule has 0 saturated carbocycles. The Labute approximate surface area is 125 Å². The van der Waals surface area contributed by atoms with Gasteiger partial charge in [-0.2, -0.15) is 4.31 Å². The van der Waals surface area contributed by atoms with E-state index in [2.05, 4.69) is 0 Å². The predicted molar refractivity (Wildman–Crippen MR) is 79.6 cm³/mol. The molecule has 0 aliphatic rings. The average Bonchev–Trinajstić information content (AvgIpc) is 2.48. The molecule has 1 aromatic rings. The summed E-state index contributed by atoms with van der Waals surface area (Å²) >= 11 is 0. The van der Waals surface area contributed by atoms with Crippen molar-refractivity contribution < 1.29 is 18.0 Å². The highest BCUT2D eigenvalue weighted by Gasteiger charge is 2.22. The Morgan fingerprint density at radius 2 is 1.67 bits per heavy atom. The molecule has 1 rings (SSSR count). The van der Waals surface area contributed by atoms with E-state index in [-0.39, 0.29) is 17.3 Å². The Hall–Kier alpha value is -1.73. The molecule has 0 heterocycles. The summed E-state index contributed by atoms with van der Waals surface area (Å²) in [7, 11) is -2.01. The van der Waals surface area contributed by atoms with Crippen LogP contribution >= 0.6 is 0 Å². The molecule has 116 valence electrons. The first-order valence-electron chi connectivity index (χ1n) is 6.67. The standard InChI is InChI=1S/C14H20N2O4S/c1-4-16(5-2)21(19,20)13-8-6-12(7-9-13)14(18)15(3)10-11-17/h6-9,11H,4-5,10H2,1-3H3. The van der Waals surface area contributed by atoms with Gasteiger partial charge in [-0.15, -0.1) is 0 Å². The van der Waals surface area contributed by atoms with Crippen LogP contribution in [0.1, 0.15) is 24.2 Å². The highest BCUT2D eigenvalue weighted by atomic mass is 32.2. The van der Waals surface area contributed by atoms with Gasteiger partial charge in [-0.05, 0) is 24.3 Å². The molecule has 0 spiro atoms. The van der Waals surface area contributed by atoms with Crippen LogP contribution in [0, 0.1) is 0 Å². The third-order valence-corrected chi connectivity index (χ3v) is 5.20. The molecule has 0 aliphatic heterocycles. The van der Waals surface area contributed by atoms with Crippen LogP contribution in [0.25, 0.3) is 0 Å². The van der Waals surface area contributed by atoms with Gasteiger partial charge in [-0.1, -0.05) is 13.8 Å². The van der Waals surface area contributed by atoms with Crippen LogP contribution in [-0.4, -0.2) is 56.5 Å². The summed E-state index contributed by atoms with van der Waals surface area (Å²) in [5.74, 6) is -0.325. The molecule has 0 unspecified atom stereocenters. The number of likely N-dealkylation sites (N-methyl/N-ethyl adjacent to an activating group) is 1. The van der Waals surface area contributed by atoms with E-state index in [9.17, 15) is 18.0 Å². The molecular formula is C14H20N2O4S. The number of sulfonamides is 1. The number of benzene rings is 1. The Balaban J connectivity index is 3.03. The molecule has 0 bridgehead atoms. The molecule has 0 aliphatic carbocycles. The molecule has 0 N–H and O–H groups in total. The molecule has 21 heavy (non-hydrogen) atoms. The lowest BCUT2D eigenvalue weighted by Crippen LogP contribution is -2.31. The fourth-order valence-electron chi connectivity index (χ4n) is 1.90. The summed E-state index contributed by atoms with van der Waals surface area (Å²) in [5.41, 5.74) is 0.345. The first kappa shape index (κ1) is 17.3. The van der Waals surface area contributed by atoms with Gasteiger partial charge >= 0.3 is 0 Å². The SMILES string of the molecule is CCN(CC)S(=O)(=O)c1ccc(C(=O)N(C)CC=O)cc1. The highest BCUT2D eigenvalue weighted by Crippen LogP contribution is 2.16. The largest absolute Gasteiger partial charge is 0.335 e. The fraction of sp³-hybridized carbons (Fsp3) is 0.429. The molecular weight excluding hydrogens is 292 g/mol. The van der Waals surface area contributed by atoms with E-state index in [0.29, 0.717) is 24.9 Å². The monoisotopic (exact) mass is 312 g/mol. The maximum atomic E-state index is 12.3. The quantitative estimate of drug-likeness (QED) is 0.704. The number of carbonyl (C=O) groups excluding carboxylic acids is 2. The van der Waals surface area contributed by atoms with Gasteiger partial charge < -0.3 is 9.69 Å². The van der Waals surface area contributed by atoms with Crippen LogP contribution in [0.2, 0.25) is 0 Å². The van der Waals surface area contributed by atoms with Crippen molar-refractivity contribution in [3.8, 4) is 0 Å². The first-order chi connectivity index (χ1) is 9.88. The van der Waals surface area contributed by atoms with Crippen molar-refractivity contribution in [1.82, 2.24) is 9.21 Å². The van der Waals surface area contributed by atoms with E-state index >= 15 is 0 Å². The second-order valence-corrected chi connectivity index (χ2v) is 6.40. The molecule has 0 fully saturated rings. The maximum Gasteiger partial charge on any atom is 0.253 e. The Bertz CT molecular complexity index is 592. The molecule has 7 heteroatoms. The lowest BCUT2D eigenvalue weighted by atomic mass is 10.2. The van der Waals surface area contributed by atoms with E-state index in [4.69, 9.17) is 0 Å². The van der Waals surface area contributed by atoms with Gasteiger partial charge in [0.2, 0.25) is 10.0 Å². The van der Waals surface area contributed by atoms with Crippen molar-refractivity contribution in [2.45, 2.75) is 18.7 Å². The molecule has 1 amide bonds. The van der Waals surface area contributed by atoms with Crippen molar-refractivity contribution in [3.05, 3.63) is 29.8 Å². The zero-order chi connectivity index (χ0) is 16.0. The molecule has 0 radical (unpaired) electrons. The topological polar surface area (TPSA) is 74.8 Å². The minimum atomic E-state index is -3.52. The summed E-state index contributed by atoms with van der Waals surface area (Å²) in [5, 5.41) is 0. The second-order valence-electron chi connectivity index (χ2n) is 4.47. The first-order valence-corrected chi connectivity index (χ1v) is 8.11. The summed E-state index contributed by atoms with van der Waals surface area (Å²) in [6.45, 7) is 4.32. The van der Waals surface area contributed by atoms with Gasteiger partial charge in [0.25, 0.3) is 5.91 Å². The number of hydrogen-bond acceptors (Lipinski definition) is 4. The third-order valence-electron chi connectivity index (χ3n) is 3.14. The molecule has 0 saturated heterocycles. The van der Waals surface area contributed by atoms with Crippen LogP contribution in [0.3, 0.4) is 0 Å². The number of amides is 1. The van der Waals surface area contributed by atoms with Crippen LogP contribution < -0.4 is 0 Å². The Morgan fingerprint density at radius 1 is 1.14 bits per heavy atom. The smallest absolute Gasteiger partial charge is 0.253 e. The highest BCUT2D eigenvalue weighted by molar-refractivity contribution is 7.89. The van der Waals surface area contributed by atoms with Crippen molar-refractivity contribution in [3.63, 3.8) is 0 Å². The van der Waals surface area contributed by atoms with Gasteiger partial charge in [0, 0.05) is 25.7 Å². The van der Waals surface area contributed by atoms with Gasteiger partial charge in [0.05, 0.1) is 11.4 Å². The fourth-order valence-corrected chi connectivity index (χ4v) is 3.36. The number of rotatable bonds is 7. The zero-order valence-electron chi connectivity index (χ0n) is 12.4. The summed E-state index contributed by atoms with van der Waals surface area (Å²) in [4.78, 5) is 23.8. The van der Waals surface area contributed by atoms with Crippen LogP contribution in [0.5, 0.6) is 0 Å². The zero-order valence-corrected chi connectivity index (χ0v) is 13.3. The maximum absolute atomic E-state index is 12.3. The van der Waals surface area contributed by atoms with E-state index in [0.717, 1.165) is 0 Å². The average molecular weight is 312 g/mol. The van der Waals surface area contributed by atoms with Gasteiger partial charge in [0.1, 0.15) is 6.29 Å². The van der Waals surface area contributed by atoms with E-state index in [1.165, 1.54) is 40.5 Å². The van der Waals surface area contributed by atoms with Crippen LogP contribution in [0.15, 0.2) is 29.2 Å². The predicted octanol–water partition coefficient (Wildman–Crippen LogP) is 0.988. The van der Waals surface area contributed by atoms with Crippen molar-refractivity contribution in [2.24, 2.45) is 0 Å². The summed E-state index contributed by atoms with van der Waals surface area (Å²) in [6, 6.07) is 5.74. The summed E-state index contributed by atoms with van der Waals surface area (Å²) < 4.78 is 25.9. The van der Waals surface area contributed by atoms with E-state index in [1.54, 1.807) is 13.8 Å². The lowest BCUT2D eigenvalue weighted by molar-refractivity contribution is -0.108. The van der Waals surface area contributed by atoms with Crippen molar-refractivity contribution in [2.75, 3.05) is 26.7 Å². The van der Waals surface area contributed by atoms with E-state index in [1.807, 2.05) is 0 Å². The Morgan fingerprint density at radius 3 is 2.10 bits per heavy atom. The van der Waals surface area contributed by atoms with Gasteiger partial charge in [-0.25, -0.2) is 8.42 Å². The summed E-state index contributed by atoms with van der Waals surface area (Å²) in [6.07, 6.45) is 0.636. The minimum absolute atomic E-state index is 0.00166. The number of nitrogens with zero attached hydrogens (tertiary/aromatic N) is 2. The number of carbonyl (C=O) groups is 2. The normalized spacial score (nSPS) is 11.4. The Kier molecular flexibility index (Phi) is 6.04. The molecule has 0 atom stereocenters. The molecule has 0 aromatic heterocycles. The van der Waals surface area contributed by atoms with Crippen LogP contribution in [0.4, 0.5) is 0 Å². The van der Waals surface area contributed by atoms with Gasteiger partial charge in [-0.3, -0.25) is 4.79 Å². The third kappa shape index (κ3) is 3.89. The number of hydrogen-bond donors (Lipinski definition) is 0. The second kappa shape index (κ2) is 7.33. The number of aldehydes is 1. The molecule has 6 nitrogen and oxygen atoms in total. The minimum Gasteiger partial charge on any atom is -0.335 e. The van der Waals surface area contributed by atoms with Gasteiger partial charge in [0.15, 0.2) is 0 Å². The molecule has 1 aromatic carbocycles. The van der Waals surface area contributed by atoms with E-state index < -0.39 is 10.0 Å². The van der Waals surface area contributed by atoms with Crippen molar-refractivity contribution in [1.29, 1.82) is 0 Å².